The predicted octanol–water partition coefficient (Wildman–Crippen LogP) is 2.56. The van der Waals surface area contributed by atoms with Crippen molar-refractivity contribution in [3.8, 4) is 0 Å². The fourth-order valence-electron chi connectivity index (χ4n) is 1.16. The topological polar surface area (TPSA) is 50.2 Å². The molecule has 0 radical (unpaired) electrons. The first-order valence-corrected chi connectivity index (χ1v) is 7.87. The summed E-state index contributed by atoms with van der Waals surface area (Å²) in [6, 6.07) is 0. The fourth-order valence-corrected chi connectivity index (χ4v) is 1.16. The van der Waals surface area contributed by atoms with Crippen LogP contribution in [0.4, 0.5) is 12.4 Å². The van der Waals surface area contributed by atoms with Gasteiger partial charge in [0.05, 0.1) is 0 Å². The van der Waals surface area contributed by atoms with Crippen LogP contribution in [0, 0.1) is 14.9 Å². The Labute approximate surface area is 144 Å². The van der Waals surface area contributed by atoms with E-state index in [-0.39, 0.29) is 39.7 Å². The van der Waals surface area contributed by atoms with Crippen LogP contribution in [0.3, 0.4) is 0 Å². The molecular weight excluding hydrogens is 371 g/mol. The zero-order valence-electron chi connectivity index (χ0n) is 12.4. The number of halogens is 6. The van der Waals surface area contributed by atoms with Crippen molar-refractivity contribution >= 4 is 24.8 Å². The predicted molar refractivity (Wildman–Crippen MR) is 83.5 cm³/mol. The van der Waals surface area contributed by atoms with Crippen molar-refractivity contribution in [2.75, 3.05) is 52.4 Å². The van der Waals surface area contributed by atoms with E-state index in [4.69, 9.17) is 0 Å². The van der Waals surface area contributed by atoms with Crippen LogP contribution in [0.25, 0.3) is 5.32 Å². The van der Waals surface area contributed by atoms with Crippen molar-refractivity contribution in [1.29, 1.82) is 0 Å². The summed E-state index contributed by atoms with van der Waals surface area (Å²) >= 11 is -7.00. The Morgan fingerprint density at radius 3 is 1.14 bits per heavy atom. The molecule has 0 aliphatic carbocycles. The molecule has 136 valence electrons. The third-order valence-electron chi connectivity index (χ3n) is 1.85. The van der Waals surface area contributed by atoms with E-state index in [1.165, 1.54) is 0 Å². The van der Waals surface area contributed by atoms with Gasteiger partial charge < -0.3 is 36.1 Å². The maximum absolute atomic E-state index is 9.88. The molecule has 0 atom stereocenters. The Hall–Kier alpha value is 0.854. The third-order valence-corrected chi connectivity index (χ3v) is 1.85. The summed E-state index contributed by atoms with van der Waals surface area (Å²) in [5.41, 5.74) is 0. The maximum atomic E-state index is 9.88. The molecule has 3 N–H and O–H groups in total. The van der Waals surface area contributed by atoms with Gasteiger partial charge in [0.2, 0.25) is 0 Å². The molecule has 1 aliphatic rings. The molecule has 0 amide bonds. The number of rotatable bonds is 0. The second kappa shape index (κ2) is 23.1. The van der Waals surface area contributed by atoms with Crippen molar-refractivity contribution in [2.45, 2.75) is 0 Å². The van der Waals surface area contributed by atoms with Crippen LogP contribution in [-0.2, 0) is 18.7 Å². The van der Waals surface area contributed by atoms with Gasteiger partial charge in [-0.05, 0) is 13.1 Å². The standard InChI is InChI=1S/C8H19N4.2CH3.2ClH.4FH.Ti/c1-2-10-5-6-12-8-7-11-4-3-9-1;;;;;;;;;/h9-11H,1-8H2;2*1H3;6*1H;/q3*-1;;;;;;;+4/p-4. The van der Waals surface area contributed by atoms with E-state index in [2.05, 4.69) is 21.3 Å². The van der Waals surface area contributed by atoms with E-state index in [1.54, 1.807) is 0 Å². The van der Waals surface area contributed by atoms with Crippen molar-refractivity contribution in [3.05, 3.63) is 20.2 Å². The van der Waals surface area contributed by atoms with Crippen LogP contribution < -0.4 is 16.0 Å². The van der Waals surface area contributed by atoms with E-state index in [0.29, 0.717) is 0 Å². The van der Waals surface area contributed by atoms with Gasteiger partial charge >= 0.3 is 31.1 Å². The molecule has 1 saturated heterocycles. The summed E-state index contributed by atoms with van der Waals surface area (Å²) in [5, 5.41) is 14.4. The van der Waals surface area contributed by atoms with Crippen LogP contribution in [0.2, 0.25) is 0 Å². The first kappa shape index (κ1) is 33.5. The monoisotopic (exact) mass is 397 g/mol. The normalized spacial score (nSPS) is 16.6. The van der Waals surface area contributed by atoms with E-state index in [1.807, 2.05) is 0 Å². The molecule has 1 heterocycles. The molecule has 0 spiro atoms. The first-order valence-electron chi connectivity index (χ1n) is 5.51. The second-order valence-electron chi connectivity index (χ2n) is 3.35. The van der Waals surface area contributed by atoms with Gasteiger partial charge in [0, 0.05) is 26.2 Å². The average molecular weight is 398 g/mol. The Kier molecular flexibility index (Phi) is 36.8. The number of hydrogen-bond donors (Lipinski definition) is 3. The van der Waals surface area contributed by atoms with Crippen molar-refractivity contribution < 1.29 is 31.1 Å². The second-order valence-corrected chi connectivity index (χ2v) is 4.69. The van der Waals surface area contributed by atoms with Crippen molar-refractivity contribution in [1.82, 2.24) is 16.0 Å². The molecular formula is C10H27Cl2F4N4Ti-3. The quantitative estimate of drug-likeness (QED) is 0.334. The van der Waals surface area contributed by atoms with Gasteiger partial charge in [-0.15, -0.1) is 37.9 Å². The molecule has 1 aliphatic heterocycles. The van der Waals surface area contributed by atoms with Gasteiger partial charge in [0.25, 0.3) is 0 Å². The Bertz CT molecular complexity index is 133. The van der Waals surface area contributed by atoms with Gasteiger partial charge in [0.15, 0.2) is 0 Å². The summed E-state index contributed by atoms with van der Waals surface area (Å²) in [5.74, 6) is 0. The molecule has 1 fully saturated rings. The Morgan fingerprint density at radius 2 is 0.857 bits per heavy atom. The number of nitrogens with zero attached hydrogens (tertiary/aromatic N) is 1. The average Bonchev–Trinajstić information content (AvgIpc) is 2.15. The molecule has 1 rings (SSSR count). The van der Waals surface area contributed by atoms with E-state index in [0.717, 1.165) is 52.4 Å². The molecule has 0 bridgehead atoms. The number of hydrogen-bond acceptors (Lipinski definition) is 3. The van der Waals surface area contributed by atoms with E-state index < -0.39 is 18.7 Å². The fraction of sp³-hybridized carbons (Fsp3) is 0.800. The van der Waals surface area contributed by atoms with Crippen molar-refractivity contribution in [2.24, 2.45) is 0 Å². The van der Waals surface area contributed by atoms with Crippen LogP contribution in [0.1, 0.15) is 0 Å². The summed E-state index contributed by atoms with van der Waals surface area (Å²) < 4.78 is 39.5. The molecule has 0 saturated carbocycles. The van der Waals surface area contributed by atoms with Crippen molar-refractivity contribution in [3.63, 3.8) is 0 Å². The van der Waals surface area contributed by atoms with Crippen LogP contribution >= 0.6 is 24.8 Å². The Balaban J connectivity index is -0.0000000844. The summed E-state index contributed by atoms with van der Waals surface area (Å²) in [6.45, 7) is 8.14. The SMILES string of the molecule is C1CNCCNCCNCC[N-]1.Cl.Cl.[CH3-].[CH3-].[F][Ti]([F])([F])[F]. The van der Waals surface area contributed by atoms with Gasteiger partial charge in [-0.25, -0.2) is 0 Å². The molecule has 21 heavy (non-hydrogen) atoms. The van der Waals surface area contributed by atoms with Crippen LogP contribution in [0.15, 0.2) is 0 Å². The summed E-state index contributed by atoms with van der Waals surface area (Å²) in [4.78, 5) is 0. The van der Waals surface area contributed by atoms with E-state index >= 15 is 0 Å². The molecule has 0 unspecified atom stereocenters. The van der Waals surface area contributed by atoms with Gasteiger partial charge in [0.1, 0.15) is 0 Å². The minimum atomic E-state index is -7.00. The molecule has 4 nitrogen and oxygen atoms in total. The molecule has 0 aromatic carbocycles. The number of nitrogens with one attached hydrogen (secondary N) is 3. The van der Waals surface area contributed by atoms with Gasteiger partial charge in [-0.2, -0.15) is 0 Å². The van der Waals surface area contributed by atoms with Gasteiger partial charge in [-0.3, -0.25) is 0 Å². The van der Waals surface area contributed by atoms with E-state index in [9.17, 15) is 12.4 Å². The molecule has 0 aromatic rings. The van der Waals surface area contributed by atoms with Crippen LogP contribution in [0.5, 0.6) is 0 Å². The first-order chi connectivity index (χ1) is 8.00. The van der Waals surface area contributed by atoms with Crippen LogP contribution in [-0.4, -0.2) is 52.4 Å². The Morgan fingerprint density at radius 1 is 0.619 bits per heavy atom. The zero-order chi connectivity index (χ0) is 13.0. The minimum absolute atomic E-state index is 0. The summed E-state index contributed by atoms with van der Waals surface area (Å²) in [6.07, 6.45) is 0. The zero-order valence-corrected chi connectivity index (χ0v) is 15.6. The van der Waals surface area contributed by atoms with Gasteiger partial charge in [-0.1, -0.05) is 0 Å². The molecule has 0 aromatic heterocycles. The summed E-state index contributed by atoms with van der Waals surface area (Å²) in [7, 11) is 0. The third kappa shape index (κ3) is 44.9. The molecule has 11 heteroatoms.